The van der Waals surface area contributed by atoms with E-state index in [0.29, 0.717) is 31.9 Å². The molecule has 1 aromatic carbocycles. The Morgan fingerprint density at radius 3 is 2.79 bits per heavy atom. The van der Waals surface area contributed by atoms with Crippen LogP contribution in [-0.4, -0.2) is 43.3 Å². The van der Waals surface area contributed by atoms with Gasteiger partial charge in [-0.1, -0.05) is 18.2 Å². The molecule has 1 fully saturated rings. The van der Waals surface area contributed by atoms with E-state index >= 15 is 0 Å². The lowest BCUT2D eigenvalue weighted by Gasteiger charge is -2.15. The molecule has 1 atom stereocenters. The Kier molecular flexibility index (Phi) is 10.2. The Morgan fingerprint density at radius 2 is 2.07 bits per heavy atom. The maximum atomic E-state index is 11.8. The average Bonchev–Trinajstić information content (AvgIpc) is 3.36. The molecule has 6 nitrogen and oxygen atoms in total. The number of aliphatic imine (C=N–C) groups is 1. The third kappa shape index (κ3) is 7.42. The third-order valence-corrected chi connectivity index (χ3v) is 6.13. The van der Waals surface area contributed by atoms with Gasteiger partial charge in [-0.25, -0.2) is 0 Å². The van der Waals surface area contributed by atoms with Gasteiger partial charge in [0, 0.05) is 36.1 Å². The number of hydrogen-bond acceptors (Lipinski definition) is 5. The topological polar surface area (TPSA) is 83.0 Å². The van der Waals surface area contributed by atoms with E-state index in [1.807, 2.05) is 24.3 Å². The van der Waals surface area contributed by atoms with Gasteiger partial charge in [0.1, 0.15) is 12.2 Å². The number of aliphatic hydroxyl groups excluding tert-OH is 1. The first-order valence-electron chi connectivity index (χ1n) is 9.96. The van der Waals surface area contributed by atoms with Gasteiger partial charge in [0.05, 0.1) is 0 Å². The molecule has 0 saturated heterocycles. The van der Waals surface area contributed by atoms with Crippen molar-refractivity contribution in [2.75, 3.05) is 20.1 Å². The van der Waals surface area contributed by atoms with Gasteiger partial charge < -0.3 is 20.5 Å². The van der Waals surface area contributed by atoms with Gasteiger partial charge in [0.25, 0.3) is 0 Å². The predicted molar refractivity (Wildman–Crippen MR) is 129 cm³/mol. The molecule has 3 rings (SSSR count). The minimum Gasteiger partial charge on any atom is -0.462 e. The molecule has 8 heteroatoms. The molecule has 3 N–H and O–H groups in total. The smallest absolute Gasteiger partial charge is 0.306 e. The van der Waals surface area contributed by atoms with Crippen LogP contribution in [0.4, 0.5) is 0 Å². The molecule has 2 aromatic rings. The number of carbonyl (C=O) groups is 1. The molecule has 0 bridgehead atoms. The number of nitrogens with one attached hydrogen (secondary N) is 2. The zero-order valence-corrected chi connectivity index (χ0v) is 19.9. The fourth-order valence-electron chi connectivity index (χ4n) is 3.37. The first-order chi connectivity index (χ1) is 13.7. The lowest BCUT2D eigenvalue weighted by molar-refractivity contribution is -0.148. The summed E-state index contributed by atoms with van der Waals surface area (Å²) in [5.74, 6) is 0.501. The van der Waals surface area contributed by atoms with Crippen LogP contribution in [0.15, 0.2) is 35.3 Å². The van der Waals surface area contributed by atoms with E-state index in [0.717, 1.165) is 35.9 Å². The highest BCUT2D eigenvalue weighted by Crippen LogP contribution is 2.29. The Morgan fingerprint density at radius 1 is 1.31 bits per heavy atom. The standard InChI is InChI=1S/C21H29N3O3S.HI/c1-22-21(23-12-6-11-20(26)27-16-8-3-4-9-16)24-14-17(25)19-13-15-7-2-5-10-18(15)28-19;/h2,5,7,10,13,16-17,25H,3-4,6,8-9,11-12,14H2,1H3,(H2,22,23,24);1H. The van der Waals surface area contributed by atoms with Crippen molar-refractivity contribution in [1.29, 1.82) is 0 Å². The minimum atomic E-state index is -0.600. The van der Waals surface area contributed by atoms with Crippen LogP contribution in [0.3, 0.4) is 0 Å². The van der Waals surface area contributed by atoms with E-state index in [4.69, 9.17) is 4.74 Å². The van der Waals surface area contributed by atoms with E-state index in [9.17, 15) is 9.90 Å². The second kappa shape index (κ2) is 12.3. The summed E-state index contributed by atoms with van der Waals surface area (Å²) in [6.07, 6.45) is 4.95. The maximum Gasteiger partial charge on any atom is 0.306 e. The monoisotopic (exact) mass is 531 g/mol. The highest BCUT2D eigenvalue weighted by molar-refractivity contribution is 14.0. The molecule has 1 aromatic heterocycles. The van der Waals surface area contributed by atoms with Crippen molar-refractivity contribution < 1.29 is 14.6 Å². The molecule has 0 amide bonds. The summed E-state index contributed by atoms with van der Waals surface area (Å²) in [7, 11) is 1.69. The van der Waals surface area contributed by atoms with Crippen LogP contribution in [0.25, 0.3) is 10.1 Å². The predicted octanol–water partition coefficient (Wildman–Crippen LogP) is 3.98. The van der Waals surface area contributed by atoms with Gasteiger partial charge >= 0.3 is 5.97 Å². The molecular formula is C21H30IN3O3S. The van der Waals surface area contributed by atoms with Crippen molar-refractivity contribution in [3.63, 3.8) is 0 Å². The molecular weight excluding hydrogens is 501 g/mol. The lowest BCUT2D eigenvalue weighted by atomic mass is 10.2. The summed E-state index contributed by atoms with van der Waals surface area (Å²) in [5, 5.41) is 17.9. The highest BCUT2D eigenvalue weighted by atomic mass is 127. The Bertz CT molecular complexity index is 772. The van der Waals surface area contributed by atoms with Crippen molar-refractivity contribution in [3.05, 3.63) is 35.2 Å². The quantitative estimate of drug-likeness (QED) is 0.158. The fourth-order valence-corrected chi connectivity index (χ4v) is 4.42. The largest absolute Gasteiger partial charge is 0.462 e. The lowest BCUT2D eigenvalue weighted by Crippen LogP contribution is -2.39. The van der Waals surface area contributed by atoms with Crippen LogP contribution in [-0.2, 0) is 9.53 Å². The Hall–Kier alpha value is -1.39. The minimum absolute atomic E-state index is 0. The second-order valence-electron chi connectivity index (χ2n) is 7.08. The summed E-state index contributed by atoms with van der Waals surface area (Å²) >= 11 is 1.60. The Balaban J connectivity index is 0.00000300. The van der Waals surface area contributed by atoms with Crippen LogP contribution < -0.4 is 10.6 Å². The van der Waals surface area contributed by atoms with Gasteiger partial charge in [0.2, 0.25) is 0 Å². The highest BCUT2D eigenvalue weighted by Gasteiger charge is 2.18. The molecule has 0 aliphatic heterocycles. The first kappa shape index (κ1) is 23.9. The Labute approximate surface area is 193 Å². The van der Waals surface area contributed by atoms with Gasteiger partial charge in [-0.2, -0.15) is 0 Å². The van der Waals surface area contributed by atoms with E-state index in [1.54, 1.807) is 18.4 Å². The molecule has 1 heterocycles. The molecule has 1 aliphatic rings. The first-order valence-corrected chi connectivity index (χ1v) is 10.8. The molecule has 0 spiro atoms. The summed E-state index contributed by atoms with van der Waals surface area (Å²) in [6, 6.07) is 10.1. The second-order valence-corrected chi connectivity index (χ2v) is 8.20. The van der Waals surface area contributed by atoms with Crippen molar-refractivity contribution in [3.8, 4) is 0 Å². The van der Waals surface area contributed by atoms with Crippen LogP contribution in [0.1, 0.15) is 49.5 Å². The van der Waals surface area contributed by atoms with E-state index in [2.05, 4.69) is 21.7 Å². The number of hydrogen-bond donors (Lipinski definition) is 3. The van der Waals surface area contributed by atoms with Crippen LogP contribution in [0.2, 0.25) is 0 Å². The molecule has 29 heavy (non-hydrogen) atoms. The number of ether oxygens (including phenoxy) is 1. The number of thiophene rings is 1. The van der Waals surface area contributed by atoms with Gasteiger partial charge in [-0.05, 0) is 49.6 Å². The number of esters is 1. The van der Waals surface area contributed by atoms with E-state index < -0.39 is 6.10 Å². The van der Waals surface area contributed by atoms with Crippen LogP contribution >= 0.6 is 35.3 Å². The molecule has 1 aliphatic carbocycles. The van der Waals surface area contributed by atoms with Crippen molar-refractivity contribution in [2.24, 2.45) is 4.99 Å². The number of rotatable bonds is 8. The number of halogens is 1. The van der Waals surface area contributed by atoms with E-state index in [-0.39, 0.29) is 36.0 Å². The summed E-state index contributed by atoms with van der Waals surface area (Å²) in [6.45, 7) is 0.995. The molecule has 1 saturated carbocycles. The number of guanidine groups is 1. The zero-order valence-electron chi connectivity index (χ0n) is 16.7. The number of aliphatic hydroxyl groups is 1. The van der Waals surface area contributed by atoms with Gasteiger partial charge in [0.15, 0.2) is 5.96 Å². The fraction of sp³-hybridized carbons (Fsp3) is 0.524. The number of fused-ring (bicyclic) bond motifs is 1. The van der Waals surface area contributed by atoms with Gasteiger partial charge in [-0.15, -0.1) is 35.3 Å². The van der Waals surface area contributed by atoms with Crippen molar-refractivity contribution >= 4 is 57.3 Å². The molecule has 1 unspecified atom stereocenters. The van der Waals surface area contributed by atoms with E-state index in [1.165, 1.54) is 4.70 Å². The maximum absolute atomic E-state index is 11.8. The summed E-state index contributed by atoms with van der Waals surface area (Å²) in [4.78, 5) is 16.9. The number of nitrogens with zero attached hydrogens (tertiary/aromatic N) is 1. The zero-order chi connectivity index (χ0) is 19.8. The van der Waals surface area contributed by atoms with Crippen molar-refractivity contribution in [2.45, 2.75) is 50.7 Å². The van der Waals surface area contributed by atoms with Crippen LogP contribution in [0.5, 0.6) is 0 Å². The third-order valence-electron chi connectivity index (χ3n) is 4.91. The number of carbonyl (C=O) groups excluding carboxylic acids is 1. The molecule has 0 radical (unpaired) electrons. The summed E-state index contributed by atoms with van der Waals surface area (Å²) < 4.78 is 6.62. The normalized spacial score (nSPS) is 15.7. The van der Waals surface area contributed by atoms with Crippen molar-refractivity contribution in [1.82, 2.24) is 10.6 Å². The summed E-state index contributed by atoms with van der Waals surface area (Å²) in [5.41, 5.74) is 0. The van der Waals surface area contributed by atoms with Gasteiger partial charge in [-0.3, -0.25) is 9.79 Å². The number of benzene rings is 1. The average molecular weight is 531 g/mol. The molecule has 160 valence electrons. The SMILES string of the molecule is CN=C(NCCCC(=O)OC1CCCC1)NCC(O)c1cc2ccccc2s1.I. The van der Waals surface area contributed by atoms with Crippen LogP contribution in [0, 0.1) is 0 Å².